The van der Waals surface area contributed by atoms with Crippen molar-refractivity contribution in [3.05, 3.63) is 81.0 Å². The van der Waals surface area contributed by atoms with Gasteiger partial charge in [-0.25, -0.2) is 8.42 Å². The van der Waals surface area contributed by atoms with E-state index in [2.05, 4.69) is 10.8 Å². The summed E-state index contributed by atoms with van der Waals surface area (Å²) in [5.74, 6) is -0.145. The summed E-state index contributed by atoms with van der Waals surface area (Å²) < 4.78 is 28.5. The average molecular weight is 427 g/mol. The fourth-order valence-electron chi connectivity index (χ4n) is 3.46. The van der Waals surface area contributed by atoms with Gasteiger partial charge < -0.3 is 4.90 Å². The number of hydrogen-bond acceptors (Lipinski definition) is 4. The molecule has 29 heavy (non-hydrogen) atoms. The maximum absolute atomic E-state index is 13.0. The molecule has 150 valence electrons. The first-order valence-electron chi connectivity index (χ1n) is 9.38. The predicted octanol–water partition coefficient (Wildman–Crippen LogP) is 4.36. The monoisotopic (exact) mass is 426 g/mol. The zero-order valence-electron chi connectivity index (χ0n) is 16.3. The van der Waals surface area contributed by atoms with E-state index in [1.165, 1.54) is 16.5 Å². The number of hydrogen-bond donors (Lipinski definition) is 1. The number of amides is 1. The number of benzene rings is 2. The molecule has 0 atom stereocenters. The number of carbonyl (C=O) groups excluding carboxylic acids is 1. The Kier molecular flexibility index (Phi) is 5.19. The lowest BCUT2D eigenvalue weighted by atomic mass is 10.1. The minimum atomic E-state index is -3.80. The van der Waals surface area contributed by atoms with Crippen molar-refractivity contribution in [2.24, 2.45) is 0 Å². The Morgan fingerprint density at radius 3 is 2.59 bits per heavy atom. The molecule has 1 N–H and O–H groups in total. The highest BCUT2D eigenvalue weighted by Gasteiger charge is 2.25. The third-order valence-electron chi connectivity index (χ3n) is 5.12. The van der Waals surface area contributed by atoms with E-state index >= 15 is 0 Å². The summed E-state index contributed by atoms with van der Waals surface area (Å²) in [6, 6.07) is 14.1. The van der Waals surface area contributed by atoms with Crippen LogP contribution in [0.15, 0.2) is 58.8 Å². The molecular formula is C22H22N2O3S2. The summed E-state index contributed by atoms with van der Waals surface area (Å²) in [6.45, 7) is 4.88. The number of sulfonamides is 1. The number of carbonyl (C=O) groups is 1. The molecule has 0 unspecified atom stereocenters. The van der Waals surface area contributed by atoms with Gasteiger partial charge in [0.05, 0.1) is 4.90 Å². The van der Waals surface area contributed by atoms with Gasteiger partial charge in [0.15, 0.2) is 0 Å². The molecule has 0 bridgehead atoms. The van der Waals surface area contributed by atoms with Crippen LogP contribution in [0, 0.1) is 13.8 Å². The molecule has 1 aromatic heterocycles. The first kappa shape index (κ1) is 19.7. The summed E-state index contributed by atoms with van der Waals surface area (Å²) >= 11 is 1.72. The molecule has 0 saturated heterocycles. The molecule has 1 aliphatic rings. The maximum Gasteiger partial charge on any atom is 0.262 e. The average Bonchev–Trinajstić information content (AvgIpc) is 3.17. The highest BCUT2D eigenvalue weighted by atomic mass is 32.2. The van der Waals surface area contributed by atoms with Crippen molar-refractivity contribution in [1.29, 1.82) is 0 Å². The Labute approximate surface area is 175 Å². The molecule has 0 fully saturated rings. The lowest BCUT2D eigenvalue weighted by Crippen LogP contribution is -2.35. The minimum Gasteiger partial charge on any atom is -0.334 e. The zero-order valence-corrected chi connectivity index (χ0v) is 17.9. The van der Waals surface area contributed by atoms with Crippen LogP contribution >= 0.6 is 11.3 Å². The van der Waals surface area contributed by atoms with Crippen LogP contribution in [0.4, 0.5) is 5.69 Å². The smallest absolute Gasteiger partial charge is 0.262 e. The van der Waals surface area contributed by atoms with Crippen molar-refractivity contribution in [3.8, 4) is 0 Å². The van der Waals surface area contributed by atoms with E-state index in [4.69, 9.17) is 0 Å². The van der Waals surface area contributed by atoms with Gasteiger partial charge in [0.1, 0.15) is 0 Å². The number of anilines is 1. The first-order chi connectivity index (χ1) is 13.8. The van der Waals surface area contributed by atoms with E-state index < -0.39 is 10.0 Å². The Morgan fingerprint density at radius 1 is 1.07 bits per heavy atom. The predicted molar refractivity (Wildman–Crippen MR) is 116 cm³/mol. The van der Waals surface area contributed by atoms with Crippen LogP contribution in [0.1, 0.15) is 31.9 Å². The fraction of sp³-hybridized carbons (Fsp3) is 0.227. The van der Waals surface area contributed by atoms with Crippen LogP contribution in [0.3, 0.4) is 0 Å². The lowest BCUT2D eigenvalue weighted by molar-refractivity contribution is 0.0735. The maximum atomic E-state index is 13.0. The van der Waals surface area contributed by atoms with Crippen LogP contribution in [0.5, 0.6) is 0 Å². The van der Waals surface area contributed by atoms with Gasteiger partial charge in [-0.15, -0.1) is 11.3 Å². The molecule has 0 saturated carbocycles. The van der Waals surface area contributed by atoms with E-state index in [-0.39, 0.29) is 10.8 Å². The standard InChI is InChI=1S/C22H22N2O3S2/c1-15-3-7-19(8-4-15)23-29(26,27)21-13-17(6-5-16(21)2)22(25)24-11-9-20-18(14-24)10-12-28-20/h3-8,10,12-13,23H,9,11,14H2,1-2H3. The molecule has 5 nitrogen and oxygen atoms in total. The van der Waals surface area contributed by atoms with Crippen molar-refractivity contribution in [2.75, 3.05) is 11.3 Å². The molecule has 0 radical (unpaired) electrons. The van der Waals surface area contributed by atoms with Gasteiger partial charge in [-0.05, 0) is 67.1 Å². The largest absolute Gasteiger partial charge is 0.334 e. The molecule has 1 aliphatic heterocycles. The summed E-state index contributed by atoms with van der Waals surface area (Å²) in [6.07, 6.45) is 0.838. The Balaban J connectivity index is 1.60. The normalized spacial score (nSPS) is 13.8. The second kappa shape index (κ2) is 7.65. The number of fused-ring (bicyclic) bond motifs is 1. The molecule has 0 spiro atoms. The summed E-state index contributed by atoms with van der Waals surface area (Å²) in [7, 11) is -3.80. The second-order valence-corrected chi connectivity index (χ2v) is 9.95. The third-order valence-corrected chi connectivity index (χ3v) is 7.67. The van der Waals surface area contributed by atoms with Gasteiger partial charge in [0, 0.05) is 29.2 Å². The van der Waals surface area contributed by atoms with Crippen molar-refractivity contribution in [1.82, 2.24) is 4.90 Å². The van der Waals surface area contributed by atoms with Gasteiger partial charge >= 0.3 is 0 Å². The molecule has 3 aromatic rings. The topological polar surface area (TPSA) is 66.5 Å². The lowest BCUT2D eigenvalue weighted by Gasteiger charge is -2.27. The molecule has 1 amide bonds. The van der Waals surface area contributed by atoms with Crippen molar-refractivity contribution < 1.29 is 13.2 Å². The van der Waals surface area contributed by atoms with E-state index in [9.17, 15) is 13.2 Å². The zero-order chi connectivity index (χ0) is 20.6. The second-order valence-electron chi connectivity index (χ2n) is 7.30. The van der Waals surface area contributed by atoms with E-state index in [0.29, 0.717) is 29.9 Å². The Hall–Kier alpha value is -2.64. The Bertz CT molecular complexity index is 1170. The van der Waals surface area contributed by atoms with Gasteiger partial charge in [-0.1, -0.05) is 23.8 Å². The summed E-state index contributed by atoms with van der Waals surface area (Å²) in [5.41, 5.74) is 3.70. The highest BCUT2D eigenvalue weighted by molar-refractivity contribution is 7.92. The molecule has 7 heteroatoms. The molecule has 2 heterocycles. The Morgan fingerprint density at radius 2 is 1.83 bits per heavy atom. The minimum absolute atomic E-state index is 0.122. The molecular weight excluding hydrogens is 404 g/mol. The SMILES string of the molecule is Cc1ccc(NS(=O)(=O)c2cc(C(=O)N3CCc4sccc4C3)ccc2C)cc1. The first-order valence-corrected chi connectivity index (χ1v) is 11.7. The quantitative estimate of drug-likeness (QED) is 0.674. The number of aryl methyl sites for hydroxylation is 2. The number of thiophene rings is 1. The van der Waals surface area contributed by atoms with Gasteiger partial charge in [-0.3, -0.25) is 9.52 Å². The number of rotatable bonds is 4. The summed E-state index contributed by atoms with van der Waals surface area (Å²) in [5, 5.41) is 2.05. The molecule has 2 aromatic carbocycles. The van der Waals surface area contributed by atoms with Crippen LogP contribution in [-0.4, -0.2) is 25.8 Å². The van der Waals surface area contributed by atoms with Gasteiger partial charge in [0.25, 0.3) is 15.9 Å². The van der Waals surface area contributed by atoms with Crippen molar-refractivity contribution in [2.45, 2.75) is 31.7 Å². The highest BCUT2D eigenvalue weighted by Crippen LogP contribution is 2.26. The van der Waals surface area contributed by atoms with Crippen molar-refractivity contribution >= 4 is 33.0 Å². The van der Waals surface area contributed by atoms with Crippen LogP contribution in [0.2, 0.25) is 0 Å². The van der Waals surface area contributed by atoms with Crippen LogP contribution in [-0.2, 0) is 23.0 Å². The van der Waals surface area contributed by atoms with E-state index in [1.54, 1.807) is 47.4 Å². The van der Waals surface area contributed by atoms with E-state index in [1.807, 2.05) is 24.4 Å². The fourth-order valence-corrected chi connectivity index (χ4v) is 5.68. The van der Waals surface area contributed by atoms with Crippen molar-refractivity contribution in [3.63, 3.8) is 0 Å². The van der Waals surface area contributed by atoms with Gasteiger partial charge in [-0.2, -0.15) is 0 Å². The van der Waals surface area contributed by atoms with E-state index in [0.717, 1.165) is 12.0 Å². The third kappa shape index (κ3) is 4.06. The number of nitrogens with one attached hydrogen (secondary N) is 1. The number of nitrogens with zero attached hydrogens (tertiary/aromatic N) is 1. The van der Waals surface area contributed by atoms with Gasteiger partial charge in [0.2, 0.25) is 0 Å². The molecule has 0 aliphatic carbocycles. The molecule has 4 rings (SSSR count). The van der Waals surface area contributed by atoms with Crippen LogP contribution < -0.4 is 4.72 Å². The van der Waals surface area contributed by atoms with Crippen LogP contribution in [0.25, 0.3) is 0 Å². The summed E-state index contributed by atoms with van der Waals surface area (Å²) in [4.78, 5) is 16.3.